The van der Waals surface area contributed by atoms with Crippen LogP contribution < -0.4 is 0 Å². The second kappa shape index (κ2) is 4.65. The van der Waals surface area contributed by atoms with Crippen LogP contribution >= 0.6 is 0 Å². The number of pyridine rings is 1. The molecule has 0 bridgehead atoms. The summed E-state index contributed by atoms with van der Waals surface area (Å²) in [7, 11) is 0. The molecule has 12 heavy (non-hydrogen) atoms. The van der Waals surface area contributed by atoms with Gasteiger partial charge in [0.05, 0.1) is 0 Å². The summed E-state index contributed by atoms with van der Waals surface area (Å²) in [4.78, 5) is 4.24. The van der Waals surface area contributed by atoms with Crippen molar-refractivity contribution in [2.75, 3.05) is 0 Å². The minimum absolute atomic E-state index is 0.950. The van der Waals surface area contributed by atoms with Crippen molar-refractivity contribution in [1.29, 1.82) is 5.41 Å². The Hall–Kier alpha value is -1.18. The van der Waals surface area contributed by atoms with Crippen molar-refractivity contribution in [3.05, 3.63) is 29.6 Å². The average molecular weight is 162 g/mol. The molecule has 64 valence electrons. The second-order valence-electron chi connectivity index (χ2n) is 2.79. The van der Waals surface area contributed by atoms with Gasteiger partial charge >= 0.3 is 0 Å². The van der Waals surface area contributed by atoms with E-state index in [0.717, 1.165) is 24.1 Å². The summed E-state index contributed by atoms with van der Waals surface area (Å²) in [5.41, 5.74) is 2.00. The van der Waals surface area contributed by atoms with E-state index in [2.05, 4.69) is 11.9 Å². The van der Waals surface area contributed by atoms with Crippen molar-refractivity contribution >= 4 is 6.21 Å². The molecular formula is C10H14N2. The third-order valence-corrected chi connectivity index (χ3v) is 1.85. The van der Waals surface area contributed by atoms with E-state index in [0.29, 0.717) is 0 Å². The topological polar surface area (TPSA) is 36.7 Å². The average Bonchev–Trinajstić information content (AvgIpc) is 2.15. The van der Waals surface area contributed by atoms with Gasteiger partial charge in [-0.1, -0.05) is 19.4 Å². The van der Waals surface area contributed by atoms with Crippen LogP contribution in [0.3, 0.4) is 0 Å². The molecule has 0 aliphatic carbocycles. The first-order valence-electron chi connectivity index (χ1n) is 4.33. The second-order valence-corrected chi connectivity index (χ2v) is 2.79. The van der Waals surface area contributed by atoms with Crippen LogP contribution in [-0.2, 0) is 6.42 Å². The highest BCUT2D eigenvalue weighted by Gasteiger charge is 1.98. The Bertz CT molecular complexity index is 256. The predicted octanol–water partition coefficient (Wildman–Crippen LogP) is 2.42. The van der Waals surface area contributed by atoms with E-state index < -0.39 is 0 Å². The van der Waals surface area contributed by atoms with E-state index in [9.17, 15) is 0 Å². The Labute approximate surface area is 73.2 Å². The molecule has 2 nitrogen and oxygen atoms in total. The van der Waals surface area contributed by atoms with E-state index in [-0.39, 0.29) is 0 Å². The van der Waals surface area contributed by atoms with E-state index in [1.165, 1.54) is 12.6 Å². The number of unbranched alkanes of at least 4 members (excludes halogenated alkanes) is 1. The zero-order valence-corrected chi connectivity index (χ0v) is 7.38. The molecule has 0 saturated heterocycles. The minimum Gasteiger partial charge on any atom is -0.308 e. The SMILES string of the molecule is CCCCc1ncccc1C=N. The number of aryl methyl sites for hydroxylation is 1. The van der Waals surface area contributed by atoms with Crippen molar-refractivity contribution in [3.8, 4) is 0 Å². The first-order valence-corrected chi connectivity index (χ1v) is 4.33. The fourth-order valence-electron chi connectivity index (χ4n) is 1.13. The fraction of sp³-hybridized carbons (Fsp3) is 0.400. The standard InChI is InChI=1S/C10H14N2/c1-2-3-6-10-9(8-11)5-4-7-12-10/h4-5,7-8,11H,2-3,6H2,1H3. The fourth-order valence-corrected chi connectivity index (χ4v) is 1.13. The maximum atomic E-state index is 7.16. The lowest BCUT2D eigenvalue weighted by atomic mass is 10.1. The number of hydrogen-bond acceptors (Lipinski definition) is 2. The summed E-state index contributed by atoms with van der Waals surface area (Å²) in [6.07, 6.45) is 6.48. The van der Waals surface area contributed by atoms with Gasteiger partial charge in [0, 0.05) is 23.7 Å². The molecule has 2 heteroatoms. The highest BCUT2D eigenvalue weighted by molar-refractivity contribution is 5.78. The van der Waals surface area contributed by atoms with E-state index in [4.69, 9.17) is 5.41 Å². The Balaban J connectivity index is 2.75. The summed E-state index contributed by atoms with van der Waals surface area (Å²) in [5.74, 6) is 0. The van der Waals surface area contributed by atoms with Crippen LogP contribution in [0.4, 0.5) is 0 Å². The van der Waals surface area contributed by atoms with E-state index in [1.54, 1.807) is 6.20 Å². The van der Waals surface area contributed by atoms with Gasteiger partial charge in [-0.25, -0.2) is 0 Å². The van der Waals surface area contributed by atoms with Gasteiger partial charge in [0.1, 0.15) is 0 Å². The summed E-state index contributed by atoms with van der Waals surface area (Å²) < 4.78 is 0. The molecule has 1 aromatic heterocycles. The molecule has 0 aliphatic heterocycles. The van der Waals surface area contributed by atoms with E-state index >= 15 is 0 Å². The maximum absolute atomic E-state index is 7.16. The Kier molecular flexibility index (Phi) is 3.45. The number of nitrogens with one attached hydrogen (secondary N) is 1. The third kappa shape index (κ3) is 2.16. The molecule has 1 rings (SSSR count). The Morgan fingerprint density at radius 3 is 3.08 bits per heavy atom. The highest BCUT2D eigenvalue weighted by Crippen LogP contribution is 2.06. The molecule has 0 spiro atoms. The molecule has 1 aromatic rings. The lowest BCUT2D eigenvalue weighted by molar-refractivity contribution is 0.776. The maximum Gasteiger partial charge on any atom is 0.0491 e. The lowest BCUT2D eigenvalue weighted by Gasteiger charge is -2.01. The quantitative estimate of drug-likeness (QED) is 0.678. The van der Waals surface area contributed by atoms with Crippen molar-refractivity contribution in [3.63, 3.8) is 0 Å². The number of rotatable bonds is 4. The molecule has 0 saturated carbocycles. The van der Waals surface area contributed by atoms with Crippen LogP contribution in [-0.4, -0.2) is 11.2 Å². The molecule has 0 atom stereocenters. The largest absolute Gasteiger partial charge is 0.308 e. The van der Waals surface area contributed by atoms with Crippen LogP contribution in [0.15, 0.2) is 18.3 Å². The van der Waals surface area contributed by atoms with Crippen LogP contribution in [0.25, 0.3) is 0 Å². The predicted molar refractivity (Wildman–Crippen MR) is 50.7 cm³/mol. The Morgan fingerprint density at radius 1 is 1.58 bits per heavy atom. The lowest BCUT2D eigenvalue weighted by Crippen LogP contribution is -1.95. The molecule has 0 radical (unpaired) electrons. The zero-order chi connectivity index (χ0) is 8.81. The molecule has 0 aliphatic rings. The molecule has 0 amide bonds. The zero-order valence-electron chi connectivity index (χ0n) is 7.38. The highest BCUT2D eigenvalue weighted by atomic mass is 14.7. The van der Waals surface area contributed by atoms with Crippen molar-refractivity contribution < 1.29 is 0 Å². The van der Waals surface area contributed by atoms with Gasteiger partial charge in [-0.2, -0.15) is 0 Å². The number of hydrogen-bond donors (Lipinski definition) is 1. The van der Waals surface area contributed by atoms with Gasteiger partial charge in [-0.05, 0) is 18.9 Å². The number of aromatic nitrogens is 1. The van der Waals surface area contributed by atoms with Gasteiger partial charge in [0.25, 0.3) is 0 Å². The summed E-state index contributed by atoms with van der Waals surface area (Å²) in [6.45, 7) is 2.16. The third-order valence-electron chi connectivity index (χ3n) is 1.85. The van der Waals surface area contributed by atoms with Gasteiger partial charge < -0.3 is 5.41 Å². The summed E-state index contributed by atoms with van der Waals surface area (Å²) >= 11 is 0. The normalized spacial score (nSPS) is 9.75. The minimum atomic E-state index is 0.950. The van der Waals surface area contributed by atoms with Gasteiger partial charge in [-0.3, -0.25) is 4.98 Å². The van der Waals surface area contributed by atoms with Crippen LogP contribution in [0.2, 0.25) is 0 Å². The van der Waals surface area contributed by atoms with Crippen LogP contribution in [0, 0.1) is 5.41 Å². The van der Waals surface area contributed by atoms with Crippen molar-refractivity contribution in [2.45, 2.75) is 26.2 Å². The molecule has 0 fully saturated rings. The Morgan fingerprint density at radius 2 is 2.42 bits per heavy atom. The van der Waals surface area contributed by atoms with E-state index in [1.807, 2.05) is 12.1 Å². The van der Waals surface area contributed by atoms with Gasteiger partial charge in [0.15, 0.2) is 0 Å². The summed E-state index contributed by atoms with van der Waals surface area (Å²) in [5, 5.41) is 7.16. The molecule has 1 heterocycles. The van der Waals surface area contributed by atoms with Gasteiger partial charge in [-0.15, -0.1) is 0 Å². The van der Waals surface area contributed by atoms with Gasteiger partial charge in [0.2, 0.25) is 0 Å². The summed E-state index contributed by atoms with van der Waals surface area (Å²) in [6, 6.07) is 3.81. The first-order chi connectivity index (χ1) is 5.88. The van der Waals surface area contributed by atoms with Crippen LogP contribution in [0.1, 0.15) is 31.0 Å². The molecule has 0 unspecified atom stereocenters. The first kappa shape index (κ1) is 8.91. The van der Waals surface area contributed by atoms with Crippen molar-refractivity contribution in [1.82, 2.24) is 4.98 Å². The number of nitrogens with zero attached hydrogens (tertiary/aromatic N) is 1. The molecule has 1 N–H and O–H groups in total. The monoisotopic (exact) mass is 162 g/mol. The molecule has 0 aromatic carbocycles. The molecular weight excluding hydrogens is 148 g/mol. The van der Waals surface area contributed by atoms with Crippen molar-refractivity contribution in [2.24, 2.45) is 0 Å². The smallest absolute Gasteiger partial charge is 0.0491 e. The van der Waals surface area contributed by atoms with Crippen LogP contribution in [0.5, 0.6) is 0 Å².